The molecule has 0 unspecified atom stereocenters. The van der Waals surface area contributed by atoms with Gasteiger partial charge in [0, 0.05) is 14.0 Å². The van der Waals surface area contributed by atoms with Gasteiger partial charge in [0.2, 0.25) is 5.91 Å². The van der Waals surface area contributed by atoms with Gasteiger partial charge in [0.25, 0.3) is 0 Å². The largest absolute Gasteiger partial charge is 0.508 e. The number of carbonyl (C=O) groups excluding carboxylic acids is 3. The molecule has 1 N–H and O–H groups in total. The quantitative estimate of drug-likeness (QED) is 0.359. The van der Waals surface area contributed by atoms with Crippen LogP contribution in [0.4, 0.5) is 9.59 Å². The first-order valence-corrected chi connectivity index (χ1v) is 7.04. The van der Waals surface area contributed by atoms with E-state index in [0.29, 0.717) is 0 Å². The van der Waals surface area contributed by atoms with Crippen LogP contribution in [0.1, 0.15) is 6.92 Å². The summed E-state index contributed by atoms with van der Waals surface area (Å²) < 4.78 is 23.5. The second-order valence-electron chi connectivity index (χ2n) is 3.81. The summed E-state index contributed by atoms with van der Waals surface area (Å²) in [5.41, 5.74) is 0. The van der Waals surface area contributed by atoms with E-state index in [1.807, 2.05) is 0 Å². The molecule has 0 rings (SSSR count). The van der Waals surface area contributed by atoms with Crippen LogP contribution in [0.2, 0.25) is 0 Å². The van der Waals surface area contributed by atoms with E-state index < -0.39 is 12.3 Å². The van der Waals surface area contributed by atoms with Crippen molar-refractivity contribution in [3.05, 3.63) is 25.3 Å². The molecule has 0 spiro atoms. The fourth-order valence-electron chi connectivity index (χ4n) is 0.807. The Morgan fingerprint density at radius 2 is 1.21 bits per heavy atom. The average molecular weight is 347 g/mol. The lowest BCUT2D eigenvalue weighted by Crippen LogP contribution is -2.15. The lowest BCUT2D eigenvalue weighted by molar-refractivity contribution is -0.118. The fraction of sp³-hybridized carbons (Fsp3) is 0.533. The zero-order chi connectivity index (χ0) is 18.6. The number of carbonyl (C=O) groups is 3. The molecule has 0 fully saturated rings. The third-order valence-corrected chi connectivity index (χ3v) is 1.89. The molecule has 9 nitrogen and oxygen atoms in total. The lowest BCUT2D eigenvalue weighted by Gasteiger charge is -2.06. The summed E-state index contributed by atoms with van der Waals surface area (Å²) >= 11 is 0. The molecule has 0 aliphatic heterocycles. The molecule has 0 aromatic carbocycles. The van der Waals surface area contributed by atoms with Gasteiger partial charge in [-0.05, 0) is 0 Å². The van der Waals surface area contributed by atoms with Gasteiger partial charge in [0.1, 0.15) is 26.4 Å². The summed E-state index contributed by atoms with van der Waals surface area (Å²) in [6.45, 7) is 8.88. The van der Waals surface area contributed by atoms with Crippen molar-refractivity contribution in [2.24, 2.45) is 0 Å². The number of hydrogen-bond acceptors (Lipinski definition) is 8. The third kappa shape index (κ3) is 21.7. The lowest BCUT2D eigenvalue weighted by atomic mass is 10.7. The molecule has 24 heavy (non-hydrogen) atoms. The van der Waals surface area contributed by atoms with Crippen molar-refractivity contribution in [1.29, 1.82) is 0 Å². The van der Waals surface area contributed by atoms with E-state index in [1.165, 1.54) is 19.1 Å². The van der Waals surface area contributed by atoms with Gasteiger partial charge in [0.05, 0.1) is 13.2 Å². The van der Waals surface area contributed by atoms with Gasteiger partial charge in [-0.2, -0.15) is 0 Å². The molecule has 0 aliphatic carbocycles. The number of hydrogen-bond donors (Lipinski definition) is 1. The Bertz CT molecular complexity index is 356. The van der Waals surface area contributed by atoms with E-state index in [0.717, 1.165) is 0 Å². The molecular formula is C15H25NO8. The standard InChI is InChI=1S/C12H18O7.C3H7NO/c1-3-5-16-11(13)18-9-7-15-8-10-19-12(14)17-6-4-2;1-3(5)4-2/h3-4H,1-2,5-10H2;1-2H3,(H,4,5). The smallest absolute Gasteiger partial charge is 0.432 e. The van der Waals surface area contributed by atoms with Crippen molar-refractivity contribution < 1.29 is 38.1 Å². The monoisotopic (exact) mass is 347 g/mol. The molecule has 1 amide bonds. The molecule has 0 saturated carbocycles. The highest BCUT2D eigenvalue weighted by Gasteiger charge is 2.03. The van der Waals surface area contributed by atoms with E-state index in [4.69, 9.17) is 4.74 Å². The van der Waals surface area contributed by atoms with Crippen molar-refractivity contribution >= 4 is 18.2 Å². The van der Waals surface area contributed by atoms with Crippen molar-refractivity contribution in [3.63, 3.8) is 0 Å². The zero-order valence-corrected chi connectivity index (χ0v) is 14.1. The first-order chi connectivity index (χ1) is 11.5. The average Bonchev–Trinajstić information content (AvgIpc) is 2.57. The van der Waals surface area contributed by atoms with Gasteiger partial charge in [-0.1, -0.05) is 25.3 Å². The SMILES string of the molecule is C=CCOC(=O)OCCOCCOC(=O)OCC=C.CNC(C)=O. The maximum Gasteiger partial charge on any atom is 0.508 e. The van der Waals surface area contributed by atoms with Gasteiger partial charge in [0.15, 0.2) is 0 Å². The minimum Gasteiger partial charge on any atom is -0.432 e. The van der Waals surface area contributed by atoms with Gasteiger partial charge in [-0.3, -0.25) is 4.79 Å². The van der Waals surface area contributed by atoms with Gasteiger partial charge in [-0.25, -0.2) is 9.59 Å². The van der Waals surface area contributed by atoms with Crippen LogP contribution < -0.4 is 5.32 Å². The van der Waals surface area contributed by atoms with Crippen LogP contribution in [-0.2, 0) is 28.5 Å². The molecule has 0 aliphatic rings. The summed E-state index contributed by atoms with van der Waals surface area (Å²) in [7, 11) is 1.60. The predicted molar refractivity (Wildman–Crippen MR) is 85.6 cm³/mol. The van der Waals surface area contributed by atoms with Crippen molar-refractivity contribution in [3.8, 4) is 0 Å². The van der Waals surface area contributed by atoms with Crippen LogP contribution in [0.25, 0.3) is 0 Å². The Kier molecular flexibility index (Phi) is 18.3. The minimum absolute atomic E-state index is 0.00463. The van der Waals surface area contributed by atoms with Crippen LogP contribution >= 0.6 is 0 Å². The predicted octanol–water partition coefficient (Wildman–Crippen LogP) is 1.43. The van der Waals surface area contributed by atoms with Gasteiger partial charge >= 0.3 is 12.3 Å². The zero-order valence-electron chi connectivity index (χ0n) is 14.1. The van der Waals surface area contributed by atoms with Gasteiger partial charge in [-0.15, -0.1) is 0 Å². The summed E-state index contributed by atoms with van der Waals surface area (Å²) in [6.07, 6.45) is 1.29. The van der Waals surface area contributed by atoms with Crippen molar-refractivity contribution in [2.45, 2.75) is 6.92 Å². The highest BCUT2D eigenvalue weighted by Crippen LogP contribution is 1.88. The molecule has 0 saturated heterocycles. The number of amides is 1. The van der Waals surface area contributed by atoms with E-state index in [-0.39, 0.29) is 45.5 Å². The fourth-order valence-corrected chi connectivity index (χ4v) is 0.807. The molecule has 0 aromatic rings. The summed E-state index contributed by atoms with van der Waals surface area (Å²) in [5.74, 6) is 0.00463. The van der Waals surface area contributed by atoms with Crippen molar-refractivity contribution in [1.82, 2.24) is 5.32 Å². The Morgan fingerprint density at radius 1 is 0.833 bits per heavy atom. The number of ether oxygens (including phenoxy) is 5. The molecule has 0 heterocycles. The minimum atomic E-state index is -0.784. The Balaban J connectivity index is 0. The highest BCUT2D eigenvalue weighted by atomic mass is 16.7. The second-order valence-corrected chi connectivity index (χ2v) is 3.81. The summed E-state index contributed by atoms with van der Waals surface area (Å²) in [6, 6.07) is 0. The molecule has 0 aromatic heterocycles. The topological polar surface area (TPSA) is 109 Å². The van der Waals surface area contributed by atoms with Crippen LogP contribution in [0, 0.1) is 0 Å². The van der Waals surface area contributed by atoms with Crippen LogP contribution in [0.5, 0.6) is 0 Å². The molecular weight excluding hydrogens is 322 g/mol. The normalized spacial score (nSPS) is 8.75. The van der Waals surface area contributed by atoms with E-state index in [2.05, 4.69) is 37.4 Å². The Labute approximate surface area is 141 Å². The molecule has 138 valence electrons. The van der Waals surface area contributed by atoms with E-state index in [9.17, 15) is 14.4 Å². The van der Waals surface area contributed by atoms with Crippen molar-refractivity contribution in [2.75, 3.05) is 46.7 Å². The molecule has 9 heteroatoms. The van der Waals surface area contributed by atoms with Crippen LogP contribution in [0.3, 0.4) is 0 Å². The Hall–Kier alpha value is -2.55. The molecule has 0 atom stereocenters. The van der Waals surface area contributed by atoms with E-state index >= 15 is 0 Å². The maximum atomic E-state index is 10.8. The summed E-state index contributed by atoms with van der Waals surface area (Å²) in [5, 5.41) is 2.39. The van der Waals surface area contributed by atoms with Crippen LogP contribution in [0.15, 0.2) is 25.3 Å². The first kappa shape index (κ1) is 23.7. The maximum absolute atomic E-state index is 10.8. The third-order valence-electron chi connectivity index (χ3n) is 1.89. The number of rotatable bonds is 10. The Morgan fingerprint density at radius 3 is 1.50 bits per heavy atom. The molecule has 0 bridgehead atoms. The summed E-state index contributed by atoms with van der Waals surface area (Å²) in [4.78, 5) is 31.4. The van der Waals surface area contributed by atoms with Crippen LogP contribution in [-0.4, -0.2) is 64.9 Å². The van der Waals surface area contributed by atoms with E-state index in [1.54, 1.807) is 7.05 Å². The number of nitrogens with one attached hydrogen (secondary N) is 1. The highest BCUT2D eigenvalue weighted by molar-refractivity contribution is 5.72. The first-order valence-electron chi connectivity index (χ1n) is 7.04. The van der Waals surface area contributed by atoms with Gasteiger partial charge < -0.3 is 29.0 Å². The second kappa shape index (κ2) is 18.5. The molecule has 0 radical (unpaired) electrons.